The van der Waals surface area contributed by atoms with E-state index in [4.69, 9.17) is 9.47 Å². The lowest BCUT2D eigenvalue weighted by Gasteiger charge is -2.21. The van der Waals surface area contributed by atoms with Crippen LogP contribution in [0, 0.1) is 0 Å². The highest BCUT2D eigenvalue weighted by molar-refractivity contribution is 7.92. The van der Waals surface area contributed by atoms with Gasteiger partial charge in [0.25, 0.3) is 5.91 Å². The summed E-state index contributed by atoms with van der Waals surface area (Å²) in [6.45, 7) is 1.88. The maximum Gasteiger partial charge on any atom is 0.343 e. The molecule has 0 bridgehead atoms. The summed E-state index contributed by atoms with van der Waals surface area (Å²) < 4.78 is 36.1. The molecule has 3 aromatic rings. The molecule has 1 N–H and O–H groups in total. The first-order valence-electron chi connectivity index (χ1n) is 10.7. The molecule has 1 amide bonds. The van der Waals surface area contributed by atoms with Gasteiger partial charge in [0, 0.05) is 0 Å². The van der Waals surface area contributed by atoms with E-state index in [2.05, 4.69) is 10.5 Å². The van der Waals surface area contributed by atoms with Crippen LogP contribution >= 0.6 is 0 Å². The fourth-order valence-corrected chi connectivity index (χ4v) is 3.84. The number of hydrogen-bond donors (Lipinski definition) is 1. The van der Waals surface area contributed by atoms with E-state index in [1.807, 2.05) is 13.0 Å². The molecule has 0 saturated carbocycles. The van der Waals surface area contributed by atoms with E-state index in [0.29, 0.717) is 34.9 Å². The first-order valence-corrected chi connectivity index (χ1v) is 12.5. The normalized spacial score (nSPS) is 11.1. The number of amides is 1. The summed E-state index contributed by atoms with van der Waals surface area (Å²) in [6, 6.07) is 21.5. The van der Waals surface area contributed by atoms with E-state index in [-0.39, 0.29) is 0 Å². The highest BCUT2D eigenvalue weighted by Gasteiger charge is 2.20. The van der Waals surface area contributed by atoms with Gasteiger partial charge in [-0.15, -0.1) is 0 Å². The minimum Gasteiger partial charge on any atom is -0.494 e. The number of esters is 1. The lowest BCUT2D eigenvalue weighted by molar-refractivity contribution is -0.119. The third kappa shape index (κ3) is 7.68. The molecule has 0 heterocycles. The second-order valence-electron chi connectivity index (χ2n) is 7.31. The number of ether oxygens (including phenoxy) is 2. The summed E-state index contributed by atoms with van der Waals surface area (Å²) in [6.07, 6.45) is 2.41. The summed E-state index contributed by atoms with van der Waals surface area (Å²) in [7, 11) is -3.71. The van der Waals surface area contributed by atoms with Gasteiger partial charge < -0.3 is 9.47 Å². The van der Waals surface area contributed by atoms with Crippen molar-refractivity contribution in [2.24, 2.45) is 5.10 Å². The molecule has 0 spiro atoms. The number of benzene rings is 3. The SMILES string of the molecule is CCOc1ccc(N(CC(=O)N/N=C\c2ccc(OC(=O)c3ccccc3)cc2)S(C)(=O)=O)cc1. The zero-order valence-electron chi connectivity index (χ0n) is 19.2. The van der Waals surface area contributed by atoms with Gasteiger partial charge in [0.05, 0.1) is 30.3 Å². The highest BCUT2D eigenvalue weighted by atomic mass is 32.2. The summed E-state index contributed by atoms with van der Waals surface area (Å²) in [5.74, 6) is -0.130. The highest BCUT2D eigenvalue weighted by Crippen LogP contribution is 2.21. The average Bonchev–Trinajstić information content (AvgIpc) is 2.84. The van der Waals surface area contributed by atoms with Gasteiger partial charge in [0.15, 0.2) is 0 Å². The molecule has 35 heavy (non-hydrogen) atoms. The number of anilines is 1. The minimum atomic E-state index is -3.71. The molecule has 3 rings (SSSR count). The molecule has 0 aliphatic heterocycles. The number of carbonyl (C=O) groups is 2. The number of sulfonamides is 1. The standard InChI is InChI=1S/C25H25N3O6S/c1-3-33-22-15-11-21(12-16-22)28(35(2,31)32)18-24(29)27-26-17-19-9-13-23(14-10-19)34-25(30)20-7-5-4-6-8-20/h4-17H,3,18H2,1-2H3,(H,27,29)/b26-17-. The third-order valence-corrected chi connectivity index (χ3v) is 5.77. The number of hydrazone groups is 1. The topological polar surface area (TPSA) is 114 Å². The number of nitrogens with zero attached hydrogens (tertiary/aromatic N) is 2. The van der Waals surface area contributed by atoms with E-state index < -0.39 is 28.4 Å². The number of nitrogens with one attached hydrogen (secondary N) is 1. The van der Waals surface area contributed by atoms with Crippen LogP contribution in [0.5, 0.6) is 11.5 Å². The second-order valence-corrected chi connectivity index (χ2v) is 9.22. The molecule has 9 nitrogen and oxygen atoms in total. The summed E-state index contributed by atoms with van der Waals surface area (Å²) in [5.41, 5.74) is 3.72. The van der Waals surface area contributed by atoms with Gasteiger partial charge >= 0.3 is 5.97 Å². The first kappa shape index (κ1) is 25.4. The average molecular weight is 496 g/mol. The molecule has 0 saturated heterocycles. The van der Waals surface area contributed by atoms with Crippen molar-refractivity contribution in [1.29, 1.82) is 0 Å². The molecular formula is C25H25N3O6S. The molecule has 0 aromatic heterocycles. The molecule has 3 aromatic carbocycles. The van der Waals surface area contributed by atoms with E-state index in [9.17, 15) is 18.0 Å². The Morgan fingerprint density at radius 2 is 1.57 bits per heavy atom. The molecule has 0 radical (unpaired) electrons. The Balaban J connectivity index is 1.57. The molecule has 0 fully saturated rings. The smallest absolute Gasteiger partial charge is 0.343 e. The van der Waals surface area contributed by atoms with Crippen LogP contribution < -0.4 is 19.2 Å². The monoisotopic (exact) mass is 495 g/mol. The van der Waals surface area contributed by atoms with Gasteiger partial charge in [-0.3, -0.25) is 9.10 Å². The van der Waals surface area contributed by atoms with Crippen molar-refractivity contribution in [2.45, 2.75) is 6.92 Å². The van der Waals surface area contributed by atoms with E-state index in [0.717, 1.165) is 10.6 Å². The maximum absolute atomic E-state index is 12.3. The molecule has 0 atom stereocenters. The first-order chi connectivity index (χ1) is 16.8. The van der Waals surface area contributed by atoms with Crippen LogP contribution in [-0.2, 0) is 14.8 Å². The molecule has 182 valence electrons. The molecule has 0 aliphatic carbocycles. The van der Waals surface area contributed by atoms with Crippen molar-refractivity contribution in [1.82, 2.24) is 5.43 Å². The predicted octanol–water partition coefficient (Wildman–Crippen LogP) is 3.22. The molecular weight excluding hydrogens is 470 g/mol. The van der Waals surface area contributed by atoms with E-state index in [1.54, 1.807) is 72.8 Å². The van der Waals surface area contributed by atoms with Gasteiger partial charge in [-0.25, -0.2) is 18.6 Å². The van der Waals surface area contributed by atoms with Crippen LogP contribution in [0.4, 0.5) is 5.69 Å². The van der Waals surface area contributed by atoms with Crippen LogP contribution in [-0.4, -0.2) is 45.9 Å². The third-order valence-electron chi connectivity index (χ3n) is 4.63. The number of hydrogen-bond acceptors (Lipinski definition) is 7. The summed E-state index contributed by atoms with van der Waals surface area (Å²) >= 11 is 0. The molecule has 0 unspecified atom stereocenters. The Bertz CT molecular complexity index is 1280. The van der Waals surface area contributed by atoms with Gasteiger partial charge in [-0.2, -0.15) is 5.10 Å². The maximum atomic E-state index is 12.3. The number of rotatable bonds is 10. The molecule has 0 aliphatic rings. The van der Waals surface area contributed by atoms with Crippen LogP contribution in [0.15, 0.2) is 84.0 Å². The van der Waals surface area contributed by atoms with Gasteiger partial charge in [-0.1, -0.05) is 18.2 Å². The van der Waals surface area contributed by atoms with Crippen molar-refractivity contribution in [3.8, 4) is 11.5 Å². The number of carbonyl (C=O) groups excluding carboxylic acids is 2. The Labute approximate surface area is 204 Å². The largest absolute Gasteiger partial charge is 0.494 e. The van der Waals surface area contributed by atoms with E-state index >= 15 is 0 Å². The Morgan fingerprint density at radius 3 is 2.17 bits per heavy atom. The lowest BCUT2D eigenvalue weighted by Crippen LogP contribution is -2.39. The van der Waals surface area contributed by atoms with E-state index in [1.165, 1.54) is 6.21 Å². The van der Waals surface area contributed by atoms with Gasteiger partial charge in [0.2, 0.25) is 10.0 Å². The van der Waals surface area contributed by atoms with Crippen molar-refractivity contribution < 1.29 is 27.5 Å². The minimum absolute atomic E-state index is 0.329. The Hall–Kier alpha value is -4.18. The zero-order chi connectivity index (χ0) is 25.3. The van der Waals surface area contributed by atoms with Crippen molar-refractivity contribution in [2.75, 3.05) is 23.7 Å². The lowest BCUT2D eigenvalue weighted by atomic mass is 10.2. The summed E-state index contributed by atoms with van der Waals surface area (Å²) in [5, 5.41) is 3.87. The predicted molar refractivity (Wildman–Crippen MR) is 133 cm³/mol. The van der Waals surface area contributed by atoms with Crippen molar-refractivity contribution in [3.05, 3.63) is 90.0 Å². The Kier molecular flexibility index (Phi) is 8.58. The quantitative estimate of drug-likeness (QED) is 0.200. The fourth-order valence-electron chi connectivity index (χ4n) is 2.98. The fraction of sp³-hybridized carbons (Fsp3) is 0.160. The van der Waals surface area contributed by atoms with Crippen LogP contribution in [0.25, 0.3) is 0 Å². The van der Waals surface area contributed by atoms with Crippen LogP contribution in [0.3, 0.4) is 0 Å². The second kappa shape index (κ2) is 11.8. The summed E-state index contributed by atoms with van der Waals surface area (Å²) in [4.78, 5) is 24.4. The Morgan fingerprint density at radius 1 is 0.943 bits per heavy atom. The zero-order valence-corrected chi connectivity index (χ0v) is 20.1. The molecule has 10 heteroatoms. The van der Waals surface area contributed by atoms with Gasteiger partial charge in [-0.05, 0) is 73.2 Å². The van der Waals surface area contributed by atoms with Crippen LogP contribution in [0.2, 0.25) is 0 Å². The van der Waals surface area contributed by atoms with Crippen molar-refractivity contribution in [3.63, 3.8) is 0 Å². The van der Waals surface area contributed by atoms with Gasteiger partial charge in [0.1, 0.15) is 18.0 Å². The van der Waals surface area contributed by atoms with Crippen molar-refractivity contribution >= 4 is 33.8 Å². The van der Waals surface area contributed by atoms with Crippen LogP contribution in [0.1, 0.15) is 22.8 Å².